The molecule has 1 heteroatoms. The molecule has 0 saturated heterocycles. The summed E-state index contributed by atoms with van der Waals surface area (Å²) < 4.78 is 0. The average molecular weight is 218 g/mol. The molecule has 0 bridgehead atoms. The van der Waals surface area contributed by atoms with E-state index in [1.54, 1.807) is 0 Å². The first-order chi connectivity index (χ1) is 7.54. The van der Waals surface area contributed by atoms with Gasteiger partial charge in [0.1, 0.15) is 6.29 Å². The van der Waals surface area contributed by atoms with E-state index >= 15 is 0 Å². The van der Waals surface area contributed by atoms with Crippen molar-refractivity contribution in [3.8, 4) is 0 Å². The van der Waals surface area contributed by atoms with Crippen LogP contribution in [0.1, 0.15) is 51.2 Å². The summed E-state index contributed by atoms with van der Waals surface area (Å²) in [5.74, 6) is 0. The Morgan fingerprint density at radius 2 is 1.69 bits per heavy atom. The lowest BCUT2D eigenvalue weighted by Gasteiger charge is -2.19. The molecular weight excluding hydrogens is 196 g/mol. The first-order valence-electron chi connectivity index (χ1n) is 6.07. The van der Waals surface area contributed by atoms with Crippen molar-refractivity contribution in [2.75, 3.05) is 0 Å². The Kier molecular flexibility index (Phi) is 4.72. The van der Waals surface area contributed by atoms with E-state index in [1.807, 2.05) is 0 Å². The third-order valence-corrected chi connectivity index (χ3v) is 2.86. The molecule has 0 aromatic heterocycles. The molecule has 1 rings (SSSR count). The van der Waals surface area contributed by atoms with Crippen LogP contribution in [0.25, 0.3) is 0 Å². The van der Waals surface area contributed by atoms with Crippen molar-refractivity contribution in [3.05, 3.63) is 35.4 Å². The normalized spacial score (nSPS) is 11.4. The number of hydrogen-bond donors (Lipinski definition) is 0. The van der Waals surface area contributed by atoms with Crippen molar-refractivity contribution in [1.82, 2.24) is 0 Å². The van der Waals surface area contributed by atoms with Gasteiger partial charge >= 0.3 is 0 Å². The second-order valence-electron chi connectivity index (χ2n) is 5.36. The molecular formula is C15H22O. The van der Waals surface area contributed by atoms with Crippen molar-refractivity contribution < 1.29 is 4.79 Å². The van der Waals surface area contributed by atoms with E-state index in [-0.39, 0.29) is 5.41 Å². The summed E-state index contributed by atoms with van der Waals surface area (Å²) in [6.45, 7) is 6.68. The van der Waals surface area contributed by atoms with E-state index in [4.69, 9.17) is 0 Å². The lowest BCUT2D eigenvalue weighted by Crippen LogP contribution is -2.10. The van der Waals surface area contributed by atoms with Crippen LogP contribution in [0.4, 0.5) is 0 Å². The largest absolute Gasteiger partial charge is 0.303 e. The van der Waals surface area contributed by atoms with Gasteiger partial charge in [0.05, 0.1) is 0 Å². The number of rotatable bonds is 5. The third kappa shape index (κ3) is 4.18. The van der Waals surface area contributed by atoms with E-state index < -0.39 is 0 Å². The average Bonchev–Trinajstić information content (AvgIpc) is 2.24. The summed E-state index contributed by atoms with van der Waals surface area (Å²) >= 11 is 0. The van der Waals surface area contributed by atoms with Gasteiger partial charge in [-0.05, 0) is 35.8 Å². The summed E-state index contributed by atoms with van der Waals surface area (Å²) in [4.78, 5) is 10.2. The van der Waals surface area contributed by atoms with Gasteiger partial charge in [0.15, 0.2) is 0 Å². The van der Waals surface area contributed by atoms with Crippen molar-refractivity contribution in [2.45, 2.75) is 51.9 Å². The van der Waals surface area contributed by atoms with Gasteiger partial charge in [0.2, 0.25) is 0 Å². The number of carbonyl (C=O) groups excluding carboxylic acids is 1. The zero-order chi connectivity index (χ0) is 12.0. The highest BCUT2D eigenvalue weighted by Gasteiger charge is 2.12. The van der Waals surface area contributed by atoms with Crippen LogP contribution in [0.2, 0.25) is 0 Å². The topological polar surface area (TPSA) is 17.1 Å². The molecule has 0 N–H and O–H groups in total. The number of benzene rings is 1. The van der Waals surface area contributed by atoms with Crippen LogP contribution in [0.5, 0.6) is 0 Å². The molecule has 0 radical (unpaired) electrons. The third-order valence-electron chi connectivity index (χ3n) is 2.86. The molecule has 0 atom stereocenters. The maximum Gasteiger partial charge on any atom is 0.119 e. The van der Waals surface area contributed by atoms with Crippen LogP contribution in [-0.4, -0.2) is 6.29 Å². The fourth-order valence-electron chi connectivity index (χ4n) is 1.73. The molecule has 0 aliphatic rings. The molecule has 0 aliphatic heterocycles. The number of carbonyl (C=O) groups is 1. The van der Waals surface area contributed by atoms with Gasteiger partial charge in [-0.1, -0.05) is 45.0 Å². The number of unbranched alkanes of at least 4 members (excludes halogenated alkanes) is 2. The molecule has 0 unspecified atom stereocenters. The molecule has 0 fully saturated rings. The second kappa shape index (κ2) is 5.83. The van der Waals surface area contributed by atoms with E-state index in [0.29, 0.717) is 6.42 Å². The SMILES string of the molecule is CC(C)(C)c1ccc(CCCCC=O)cc1. The van der Waals surface area contributed by atoms with Crippen LogP contribution in [0.15, 0.2) is 24.3 Å². The highest BCUT2D eigenvalue weighted by atomic mass is 16.1. The number of aldehydes is 1. The summed E-state index contributed by atoms with van der Waals surface area (Å²) in [6, 6.07) is 8.85. The van der Waals surface area contributed by atoms with Gasteiger partial charge in [-0.25, -0.2) is 0 Å². The minimum absolute atomic E-state index is 0.232. The smallest absolute Gasteiger partial charge is 0.119 e. The van der Waals surface area contributed by atoms with Crippen molar-refractivity contribution in [2.24, 2.45) is 0 Å². The molecule has 0 saturated carbocycles. The number of hydrogen-bond acceptors (Lipinski definition) is 1. The van der Waals surface area contributed by atoms with E-state index in [1.165, 1.54) is 11.1 Å². The molecule has 1 aromatic carbocycles. The van der Waals surface area contributed by atoms with Crippen molar-refractivity contribution in [3.63, 3.8) is 0 Å². The molecule has 0 amide bonds. The van der Waals surface area contributed by atoms with Gasteiger partial charge in [0.25, 0.3) is 0 Å². The Morgan fingerprint density at radius 3 is 2.19 bits per heavy atom. The Balaban J connectivity index is 2.48. The molecule has 1 aromatic rings. The van der Waals surface area contributed by atoms with Gasteiger partial charge < -0.3 is 4.79 Å². The van der Waals surface area contributed by atoms with Gasteiger partial charge in [-0.3, -0.25) is 0 Å². The number of aryl methyl sites for hydroxylation is 1. The monoisotopic (exact) mass is 218 g/mol. The lowest BCUT2D eigenvalue weighted by molar-refractivity contribution is -0.107. The Labute approximate surface area is 98.9 Å². The zero-order valence-corrected chi connectivity index (χ0v) is 10.6. The lowest BCUT2D eigenvalue weighted by atomic mass is 9.86. The molecule has 0 heterocycles. The Hall–Kier alpha value is -1.11. The predicted molar refractivity (Wildman–Crippen MR) is 68.8 cm³/mol. The van der Waals surface area contributed by atoms with Gasteiger partial charge in [-0.15, -0.1) is 0 Å². The fraction of sp³-hybridized carbons (Fsp3) is 0.533. The van der Waals surface area contributed by atoms with E-state index in [9.17, 15) is 4.79 Å². The first-order valence-corrected chi connectivity index (χ1v) is 6.07. The Bertz CT molecular complexity index is 316. The summed E-state index contributed by atoms with van der Waals surface area (Å²) in [7, 11) is 0. The van der Waals surface area contributed by atoms with Crippen LogP contribution in [0.3, 0.4) is 0 Å². The zero-order valence-electron chi connectivity index (χ0n) is 10.6. The molecule has 16 heavy (non-hydrogen) atoms. The molecule has 0 spiro atoms. The fourth-order valence-corrected chi connectivity index (χ4v) is 1.73. The second-order valence-corrected chi connectivity index (χ2v) is 5.36. The summed E-state index contributed by atoms with van der Waals surface area (Å²) in [6.07, 6.45) is 4.89. The maximum absolute atomic E-state index is 10.2. The Morgan fingerprint density at radius 1 is 1.06 bits per heavy atom. The standard InChI is InChI=1S/C15H22O/c1-15(2,3)14-10-8-13(9-11-14)7-5-4-6-12-16/h8-12H,4-7H2,1-3H3. The van der Waals surface area contributed by atoms with Crippen molar-refractivity contribution in [1.29, 1.82) is 0 Å². The van der Waals surface area contributed by atoms with E-state index in [2.05, 4.69) is 45.0 Å². The van der Waals surface area contributed by atoms with Crippen molar-refractivity contribution >= 4 is 6.29 Å². The maximum atomic E-state index is 10.2. The molecule has 1 nitrogen and oxygen atoms in total. The quantitative estimate of drug-likeness (QED) is 0.541. The van der Waals surface area contributed by atoms with E-state index in [0.717, 1.165) is 25.5 Å². The molecule has 88 valence electrons. The minimum Gasteiger partial charge on any atom is -0.303 e. The summed E-state index contributed by atoms with van der Waals surface area (Å²) in [5, 5.41) is 0. The van der Waals surface area contributed by atoms with Gasteiger partial charge in [0, 0.05) is 6.42 Å². The van der Waals surface area contributed by atoms with Crippen LogP contribution in [-0.2, 0) is 16.6 Å². The van der Waals surface area contributed by atoms with Crippen LogP contribution >= 0.6 is 0 Å². The van der Waals surface area contributed by atoms with Crippen LogP contribution in [0, 0.1) is 0 Å². The highest BCUT2D eigenvalue weighted by molar-refractivity contribution is 5.48. The minimum atomic E-state index is 0.232. The van der Waals surface area contributed by atoms with Gasteiger partial charge in [-0.2, -0.15) is 0 Å². The summed E-state index contributed by atoms with van der Waals surface area (Å²) in [5.41, 5.74) is 2.99. The first kappa shape index (κ1) is 13.0. The molecule has 0 aliphatic carbocycles. The van der Waals surface area contributed by atoms with Crippen LogP contribution < -0.4 is 0 Å². The highest BCUT2D eigenvalue weighted by Crippen LogP contribution is 2.22. The predicted octanol–water partition coefficient (Wildman–Crippen LogP) is 3.90.